The Labute approximate surface area is 147 Å². The third kappa shape index (κ3) is 4.02. The highest BCUT2D eigenvalue weighted by atomic mass is 79.9. The Balaban J connectivity index is 2.45. The average Bonchev–Trinajstić information content (AvgIpc) is 2.96. The molecule has 1 unspecified atom stereocenters. The van der Waals surface area contributed by atoms with Crippen molar-refractivity contribution in [2.75, 3.05) is 6.54 Å². The van der Waals surface area contributed by atoms with E-state index >= 15 is 0 Å². The molecule has 3 nitrogen and oxygen atoms in total. The van der Waals surface area contributed by atoms with E-state index in [0.717, 1.165) is 46.0 Å². The molecule has 0 aromatic carbocycles. The third-order valence-corrected chi connectivity index (χ3v) is 5.26. The molecule has 0 spiro atoms. The number of nitrogens with one attached hydrogen (secondary N) is 1. The minimum Gasteiger partial charge on any atom is -0.305 e. The van der Waals surface area contributed by atoms with Crippen molar-refractivity contribution in [3.8, 4) is 0 Å². The summed E-state index contributed by atoms with van der Waals surface area (Å²) in [6.45, 7) is 6.06. The highest BCUT2D eigenvalue weighted by Gasteiger charge is 2.25. The maximum Gasteiger partial charge on any atom is 0.0996 e. The van der Waals surface area contributed by atoms with Crippen LogP contribution in [0.2, 0.25) is 8.67 Å². The van der Waals surface area contributed by atoms with Gasteiger partial charge in [0.2, 0.25) is 0 Å². The molecule has 0 radical (unpaired) electrons. The molecule has 0 saturated heterocycles. The Hall–Kier alpha value is -0.0700. The molecule has 0 amide bonds. The van der Waals surface area contributed by atoms with Crippen LogP contribution in [0.3, 0.4) is 0 Å². The maximum absolute atomic E-state index is 6.37. The normalized spacial score (nSPS) is 12.8. The van der Waals surface area contributed by atoms with Crippen molar-refractivity contribution in [1.82, 2.24) is 15.1 Å². The Kier molecular flexibility index (Phi) is 6.56. The third-order valence-electron chi connectivity index (χ3n) is 3.13. The molecular weight excluding hydrogens is 393 g/mol. The molecule has 1 atom stereocenters. The number of hydrogen-bond acceptors (Lipinski definition) is 3. The van der Waals surface area contributed by atoms with Gasteiger partial charge in [-0.25, -0.2) is 0 Å². The highest BCUT2D eigenvalue weighted by molar-refractivity contribution is 9.10. The standard InChI is InChI=1S/C14H18BrCl2N3S/c1-3-5-18-12(9-7-11(16)21-14(9)17)13-10(15)8-19-20(13)6-4-2/h7-8,12,18H,3-6H2,1-2H3. The lowest BCUT2D eigenvalue weighted by molar-refractivity contribution is 0.511. The summed E-state index contributed by atoms with van der Waals surface area (Å²) in [5, 5.41) is 8.01. The molecule has 2 heterocycles. The van der Waals surface area contributed by atoms with Gasteiger partial charge in [0.25, 0.3) is 0 Å². The summed E-state index contributed by atoms with van der Waals surface area (Å²) in [5.74, 6) is 0. The van der Waals surface area contributed by atoms with E-state index in [1.54, 1.807) is 0 Å². The largest absolute Gasteiger partial charge is 0.305 e. The molecule has 0 fully saturated rings. The smallest absolute Gasteiger partial charge is 0.0996 e. The molecule has 0 aliphatic rings. The number of aryl methyl sites for hydroxylation is 1. The average molecular weight is 411 g/mol. The van der Waals surface area contributed by atoms with Crippen LogP contribution in [0.4, 0.5) is 0 Å². The Morgan fingerprint density at radius 1 is 1.38 bits per heavy atom. The maximum atomic E-state index is 6.37. The van der Waals surface area contributed by atoms with Gasteiger partial charge in [0.1, 0.15) is 0 Å². The second-order valence-corrected chi connectivity index (χ2v) is 7.91. The summed E-state index contributed by atoms with van der Waals surface area (Å²) in [4.78, 5) is 0. The summed E-state index contributed by atoms with van der Waals surface area (Å²) >= 11 is 17.5. The van der Waals surface area contributed by atoms with Gasteiger partial charge in [0, 0.05) is 12.1 Å². The van der Waals surface area contributed by atoms with Crippen molar-refractivity contribution in [3.05, 3.63) is 36.7 Å². The second-order valence-electron chi connectivity index (χ2n) is 4.77. The van der Waals surface area contributed by atoms with E-state index in [2.05, 4.69) is 40.2 Å². The lowest BCUT2D eigenvalue weighted by atomic mass is 10.1. The van der Waals surface area contributed by atoms with E-state index in [4.69, 9.17) is 23.2 Å². The molecule has 1 N–H and O–H groups in total. The molecule has 21 heavy (non-hydrogen) atoms. The summed E-state index contributed by atoms with van der Waals surface area (Å²) in [6.07, 6.45) is 3.92. The summed E-state index contributed by atoms with van der Waals surface area (Å²) in [5.41, 5.74) is 2.11. The van der Waals surface area contributed by atoms with Crippen LogP contribution in [0.1, 0.15) is 44.0 Å². The van der Waals surface area contributed by atoms with Gasteiger partial charge >= 0.3 is 0 Å². The van der Waals surface area contributed by atoms with Crippen molar-refractivity contribution < 1.29 is 0 Å². The highest BCUT2D eigenvalue weighted by Crippen LogP contribution is 2.39. The number of halogens is 3. The van der Waals surface area contributed by atoms with Crippen LogP contribution < -0.4 is 5.32 Å². The van der Waals surface area contributed by atoms with Crippen LogP contribution in [0, 0.1) is 0 Å². The Morgan fingerprint density at radius 2 is 2.14 bits per heavy atom. The molecule has 2 rings (SSSR count). The van der Waals surface area contributed by atoms with Crippen molar-refractivity contribution in [2.45, 2.75) is 39.3 Å². The molecule has 2 aromatic rings. The van der Waals surface area contributed by atoms with Gasteiger partial charge in [-0.1, -0.05) is 37.0 Å². The predicted octanol–water partition coefficient (Wildman–Crippen LogP) is 5.51. The zero-order valence-corrected chi connectivity index (χ0v) is 15.9. The molecule has 0 aliphatic heterocycles. The number of thiophene rings is 1. The lowest BCUT2D eigenvalue weighted by Crippen LogP contribution is -2.26. The predicted molar refractivity (Wildman–Crippen MR) is 94.7 cm³/mol. The summed E-state index contributed by atoms with van der Waals surface area (Å²) < 4.78 is 4.45. The van der Waals surface area contributed by atoms with Gasteiger partial charge in [-0.2, -0.15) is 5.10 Å². The van der Waals surface area contributed by atoms with Crippen molar-refractivity contribution in [2.24, 2.45) is 0 Å². The number of rotatable bonds is 7. The van der Waals surface area contributed by atoms with Crippen LogP contribution >= 0.6 is 50.5 Å². The van der Waals surface area contributed by atoms with Gasteiger partial charge < -0.3 is 5.32 Å². The van der Waals surface area contributed by atoms with Gasteiger partial charge in [0.05, 0.1) is 31.1 Å². The molecule has 0 saturated carbocycles. The van der Waals surface area contributed by atoms with Gasteiger partial charge in [-0.3, -0.25) is 4.68 Å². The minimum absolute atomic E-state index is 0.00961. The van der Waals surface area contributed by atoms with Gasteiger partial charge in [0.15, 0.2) is 0 Å². The lowest BCUT2D eigenvalue weighted by Gasteiger charge is -2.20. The van der Waals surface area contributed by atoms with Gasteiger partial charge in [-0.05, 0) is 41.4 Å². The topological polar surface area (TPSA) is 29.9 Å². The number of aromatic nitrogens is 2. The summed E-state index contributed by atoms with van der Waals surface area (Å²) in [6, 6.07) is 1.93. The van der Waals surface area contributed by atoms with Crippen molar-refractivity contribution >= 4 is 50.5 Å². The molecule has 7 heteroatoms. The Morgan fingerprint density at radius 3 is 2.71 bits per heavy atom. The number of hydrogen-bond donors (Lipinski definition) is 1. The van der Waals surface area contributed by atoms with E-state index in [0.29, 0.717) is 4.34 Å². The zero-order valence-electron chi connectivity index (χ0n) is 12.0. The molecular formula is C14H18BrCl2N3S. The SMILES string of the molecule is CCCNC(c1cc(Cl)sc1Cl)c1c(Br)cnn1CCC. The first kappa shape index (κ1) is 17.3. The van der Waals surface area contributed by atoms with Crippen LogP contribution in [-0.2, 0) is 6.54 Å². The fourth-order valence-corrected chi connectivity index (χ4v) is 4.30. The van der Waals surface area contributed by atoms with E-state index in [-0.39, 0.29) is 6.04 Å². The quantitative estimate of drug-likeness (QED) is 0.651. The molecule has 0 bridgehead atoms. The fraction of sp³-hybridized carbons (Fsp3) is 0.500. The second kappa shape index (κ2) is 7.97. The van der Waals surface area contributed by atoms with E-state index in [9.17, 15) is 0 Å². The zero-order chi connectivity index (χ0) is 15.4. The molecule has 116 valence electrons. The van der Waals surface area contributed by atoms with Crippen LogP contribution in [-0.4, -0.2) is 16.3 Å². The first-order valence-electron chi connectivity index (χ1n) is 6.97. The van der Waals surface area contributed by atoms with E-state index in [1.807, 2.05) is 16.9 Å². The van der Waals surface area contributed by atoms with Crippen molar-refractivity contribution in [3.63, 3.8) is 0 Å². The monoisotopic (exact) mass is 409 g/mol. The van der Waals surface area contributed by atoms with Crippen LogP contribution in [0.15, 0.2) is 16.7 Å². The first-order chi connectivity index (χ1) is 10.1. The van der Waals surface area contributed by atoms with Gasteiger partial charge in [-0.15, -0.1) is 11.3 Å². The Bertz CT molecular complexity index is 597. The van der Waals surface area contributed by atoms with E-state index in [1.165, 1.54) is 11.3 Å². The summed E-state index contributed by atoms with van der Waals surface area (Å²) in [7, 11) is 0. The van der Waals surface area contributed by atoms with Crippen LogP contribution in [0.5, 0.6) is 0 Å². The first-order valence-corrected chi connectivity index (χ1v) is 9.34. The molecule has 0 aliphatic carbocycles. The fourth-order valence-electron chi connectivity index (χ4n) is 2.24. The van der Waals surface area contributed by atoms with E-state index < -0.39 is 0 Å². The molecule has 2 aromatic heterocycles. The van der Waals surface area contributed by atoms with Crippen molar-refractivity contribution in [1.29, 1.82) is 0 Å². The minimum atomic E-state index is -0.00961. The van der Waals surface area contributed by atoms with Crippen LogP contribution in [0.25, 0.3) is 0 Å². The number of nitrogens with zero attached hydrogens (tertiary/aromatic N) is 2.